The van der Waals surface area contributed by atoms with E-state index >= 15 is 0 Å². The molecule has 3 rings (SSSR count). The van der Waals surface area contributed by atoms with Crippen LogP contribution < -0.4 is 0 Å². The molecular weight excluding hydrogens is 172 g/mol. The molecule has 1 saturated carbocycles. The van der Waals surface area contributed by atoms with E-state index in [9.17, 15) is 5.11 Å². The van der Waals surface area contributed by atoms with Crippen LogP contribution in [0, 0.1) is 5.92 Å². The van der Waals surface area contributed by atoms with Crippen LogP contribution in [-0.4, -0.2) is 5.11 Å². The Kier molecular flexibility index (Phi) is 1.79. The first-order chi connectivity index (χ1) is 6.84. The van der Waals surface area contributed by atoms with E-state index in [1.165, 1.54) is 36.8 Å². The van der Waals surface area contributed by atoms with Gasteiger partial charge in [0.25, 0.3) is 0 Å². The molecule has 1 aromatic rings. The number of benzene rings is 1. The Balaban J connectivity index is 2.10. The SMILES string of the molecule is Oc1cccc2c1CC1CCCC2C1. The van der Waals surface area contributed by atoms with E-state index in [0.29, 0.717) is 5.75 Å². The summed E-state index contributed by atoms with van der Waals surface area (Å²) in [5.41, 5.74) is 2.68. The maximum atomic E-state index is 9.81. The van der Waals surface area contributed by atoms with Crippen molar-refractivity contribution in [3.05, 3.63) is 29.3 Å². The van der Waals surface area contributed by atoms with Crippen LogP contribution in [0.15, 0.2) is 18.2 Å². The van der Waals surface area contributed by atoms with E-state index in [1.54, 1.807) is 0 Å². The molecule has 1 aromatic carbocycles. The molecular formula is C13H16O. The van der Waals surface area contributed by atoms with Crippen molar-refractivity contribution < 1.29 is 5.11 Å². The van der Waals surface area contributed by atoms with Gasteiger partial charge in [-0.25, -0.2) is 0 Å². The molecule has 0 saturated heterocycles. The lowest BCUT2D eigenvalue weighted by atomic mass is 9.69. The van der Waals surface area contributed by atoms with Crippen molar-refractivity contribution in [3.8, 4) is 5.75 Å². The fraction of sp³-hybridized carbons (Fsp3) is 0.538. The van der Waals surface area contributed by atoms with Crippen molar-refractivity contribution in [1.82, 2.24) is 0 Å². The summed E-state index contributed by atoms with van der Waals surface area (Å²) in [6.45, 7) is 0. The van der Waals surface area contributed by atoms with E-state index in [4.69, 9.17) is 0 Å². The van der Waals surface area contributed by atoms with Crippen LogP contribution in [0.3, 0.4) is 0 Å². The summed E-state index contributed by atoms with van der Waals surface area (Å²) >= 11 is 0. The van der Waals surface area contributed by atoms with Crippen molar-refractivity contribution in [2.45, 2.75) is 38.0 Å². The highest BCUT2D eigenvalue weighted by molar-refractivity contribution is 5.43. The average molecular weight is 188 g/mol. The van der Waals surface area contributed by atoms with Gasteiger partial charge in [-0.05, 0) is 48.3 Å². The van der Waals surface area contributed by atoms with Crippen molar-refractivity contribution in [2.24, 2.45) is 5.92 Å². The summed E-state index contributed by atoms with van der Waals surface area (Å²) in [5, 5.41) is 9.81. The molecule has 0 spiro atoms. The van der Waals surface area contributed by atoms with Crippen LogP contribution in [0.25, 0.3) is 0 Å². The molecule has 0 aromatic heterocycles. The Labute approximate surface area is 84.8 Å². The summed E-state index contributed by atoms with van der Waals surface area (Å²) in [5.74, 6) is 2.11. The van der Waals surface area contributed by atoms with Gasteiger partial charge in [-0.3, -0.25) is 0 Å². The van der Waals surface area contributed by atoms with Gasteiger partial charge < -0.3 is 5.11 Å². The number of hydrogen-bond donors (Lipinski definition) is 1. The third kappa shape index (κ3) is 1.15. The monoisotopic (exact) mass is 188 g/mol. The van der Waals surface area contributed by atoms with Crippen LogP contribution in [0.1, 0.15) is 42.7 Å². The first kappa shape index (κ1) is 8.34. The summed E-state index contributed by atoms with van der Waals surface area (Å²) in [4.78, 5) is 0. The lowest BCUT2D eigenvalue weighted by Gasteiger charge is -2.36. The number of hydrogen-bond acceptors (Lipinski definition) is 1. The van der Waals surface area contributed by atoms with Gasteiger partial charge in [-0.1, -0.05) is 25.0 Å². The molecule has 2 unspecified atom stereocenters. The minimum Gasteiger partial charge on any atom is -0.508 e. The molecule has 0 radical (unpaired) electrons. The Hall–Kier alpha value is -0.980. The minimum absolute atomic E-state index is 0.527. The highest BCUT2D eigenvalue weighted by atomic mass is 16.3. The topological polar surface area (TPSA) is 20.2 Å². The quantitative estimate of drug-likeness (QED) is 0.662. The standard InChI is InChI=1S/C13H16O/c14-13-6-2-5-11-10-4-1-3-9(7-10)8-12(11)13/h2,5-6,9-10,14H,1,3-4,7-8H2. The second-order valence-corrected chi connectivity index (χ2v) is 4.78. The van der Waals surface area contributed by atoms with Gasteiger partial charge in [0.1, 0.15) is 5.75 Å². The normalized spacial score (nSPS) is 29.7. The highest BCUT2D eigenvalue weighted by Gasteiger charge is 2.31. The smallest absolute Gasteiger partial charge is 0.119 e. The molecule has 1 heteroatoms. The van der Waals surface area contributed by atoms with Crippen LogP contribution >= 0.6 is 0 Å². The lowest BCUT2D eigenvalue weighted by molar-refractivity contribution is 0.293. The Morgan fingerprint density at radius 2 is 2.14 bits per heavy atom. The molecule has 0 amide bonds. The van der Waals surface area contributed by atoms with Crippen LogP contribution in [-0.2, 0) is 6.42 Å². The van der Waals surface area contributed by atoms with E-state index < -0.39 is 0 Å². The fourth-order valence-corrected chi connectivity index (χ4v) is 3.24. The second kappa shape index (κ2) is 3.01. The molecule has 0 aliphatic heterocycles. The average Bonchev–Trinajstić information content (AvgIpc) is 2.20. The third-order valence-corrected chi connectivity index (χ3v) is 3.90. The number of fused-ring (bicyclic) bond motifs is 4. The Bertz CT molecular complexity index is 356. The molecule has 1 N–H and O–H groups in total. The number of phenols is 1. The molecule has 2 bridgehead atoms. The van der Waals surface area contributed by atoms with Crippen LogP contribution in [0.4, 0.5) is 0 Å². The van der Waals surface area contributed by atoms with Crippen molar-refractivity contribution in [3.63, 3.8) is 0 Å². The first-order valence-corrected chi connectivity index (χ1v) is 5.65. The minimum atomic E-state index is 0.527. The van der Waals surface area contributed by atoms with Gasteiger partial charge in [0.2, 0.25) is 0 Å². The summed E-state index contributed by atoms with van der Waals surface area (Å²) in [6.07, 6.45) is 6.54. The molecule has 2 aliphatic rings. The molecule has 14 heavy (non-hydrogen) atoms. The second-order valence-electron chi connectivity index (χ2n) is 4.78. The zero-order chi connectivity index (χ0) is 9.54. The molecule has 1 fully saturated rings. The lowest BCUT2D eigenvalue weighted by Crippen LogP contribution is -2.23. The van der Waals surface area contributed by atoms with E-state index in [-0.39, 0.29) is 0 Å². The molecule has 1 nitrogen and oxygen atoms in total. The predicted octanol–water partition coefficient (Wildman–Crippen LogP) is 3.22. The van der Waals surface area contributed by atoms with Crippen molar-refractivity contribution in [1.29, 1.82) is 0 Å². The van der Waals surface area contributed by atoms with Crippen molar-refractivity contribution in [2.75, 3.05) is 0 Å². The van der Waals surface area contributed by atoms with Gasteiger partial charge in [-0.15, -0.1) is 0 Å². The largest absolute Gasteiger partial charge is 0.508 e. The fourth-order valence-electron chi connectivity index (χ4n) is 3.24. The van der Waals surface area contributed by atoms with Gasteiger partial charge >= 0.3 is 0 Å². The van der Waals surface area contributed by atoms with E-state index in [2.05, 4.69) is 6.07 Å². The number of phenolic OH excluding ortho intramolecular Hbond substituents is 1. The molecule has 0 heterocycles. The molecule has 2 atom stereocenters. The highest BCUT2D eigenvalue weighted by Crippen LogP contribution is 2.45. The van der Waals surface area contributed by atoms with Gasteiger partial charge in [0.05, 0.1) is 0 Å². The number of aromatic hydroxyl groups is 1. The third-order valence-electron chi connectivity index (χ3n) is 3.90. The molecule has 2 aliphatic carbocycles. The predicted molar refractivity (Wildman–Crippen MR) is 56.5 cm³/mol. The van der Waals surface area contributed by atoms with E-state index in [0.717, 1.165) is 18.3 Å². The molecule has 74 valence electrons. The van der Waals surface area contributed by atoms with Crippen LogP contribution in [0.2, 0.25) is 0 Å². The summed E-state index contributed by atoms with van der Waals surface area (Å²) in [7, 11) is 0. The Morgan fingerprint density at radius 1 is 1.21 bits per heavy atom. The van der Waals surface area contributed by atoms with E-state index in [1.807, 2.05) is 12.1 Å². The first-order valence-electron chi connectivity index (χ1n) is 5.65. The number of rotatable bonds is 0. The van der Waals surface area contributed by atoms with Gasteiger partial charge in [0, 0.05) is 0 Å². The van der Waals surface area contributed by atoms with Gasteiger partial charge in [0.15, 0.2) is 0 Å². The maximum absolute atomic E-state index is 9.81. The van der Waals surface area contributed by atoms with Crippen molar-refractivity contribution >= 4 is 0 Å². The van der Waals surface area contributed by atoms with Crippen LogP contribution in [0.5, 0.6) is 5.75 Å². The summed E-state index contributed by atoms with van der Waals surface area (Å²) < 4.78 is 0. The summed E-state index contributed by atoms with van der Waals surface area (Å²) in [6, 6.07) is 6.03. The van der Waals surface area contributed by atoms with Gasteiger partial charge in [-0.2, -0.15) is 0 Å². The maximum Gasteiger partial charge on any atom is 0.119 e. The Morgan fingerprint density at radius 3 is 3.07 bits per heavy atom. The zero-order valence-corrected chi connectivity index (χ0v) is 8.37. The zero-order valence-electron chi connectivity index (χ0n) is 8.37.